The van der Waals surface area contributed by atoms with Crippen LogP contribution >= 0.6 is 0 Å². The Kier molecular flexibility index (Phi) is 3.82. The molecule has 142 valence electrons. The molecule has 0 bridgehead atoms. The molecular weight excluding hydrogens is 368 g/mol. The van der Waals surface area contributed by atoms with E-state index in [1.54, 1.807) is 0 Å². The zero-order valence-electron chi connectivity index (χ0n) is 16.2. The monoisotopic (exact) mass is 386 g/mol. The van der Waals surface area contributed by atoms with Gasteiger partial charge in [-0.2, -0.15) is 0 Å². The largest absolute Gasteiger partial charge is 0.448 e. The van der Waals surface area contributed by atoms with Crippen LogP contribution in [0.4, 0.5) is 0 Å². The Hall–Kier alpha value is -4.04. The second-order valence-corrected chi connectivity index (χ2v) is 7.34. The third-order valence-electron chi connectivity index (χ3n) is 5.53. The molecule has 0 radical (unpaired) electrons. The molecule has 5 aromatic rings. The highest BCUT2D eigenvalue weighted by Gasteiger charge is 2.28. The molecule has 6 rings (SSSR count). The van der Waals surface area contributed by atoms with E-state index in [0.717, 1.165) is 55.7 Å². The normalized spacial score (nSPS) is 13.1. The van der Waals surface area contributed by atoms with Gasteiger partial charge >= 0.3 is 0 Å². The summed E-state index contributed by atoms with van der Waals surface area (Å²) < 4.78 is 13.3. The van der Waals surface area contributed by atoms with Crippen LogP contribution in [0, 0.1) is 0 Å². The van der Waals surface area contributed by atoms with Gasteiger partial charge in [0, 0.05) is 21.9 Å². The van der Waals surface area contributed by atoms with Crippen molar-refractivity contribution in [1.82, 2.24) is 0 Å². The fraction of sp³-hybridized carbons (Fsp3) is 0. The smallest absolute Gasteiger partial charge is 0.178 e. The van der Waals surface area contributed by atoms with E-state index in [1.807, 2.05) is 48.5 Å². The number of ether oxygens (including phenoxy) is 2. The van der Waals surface area contributed by atoms with Gasteiger partial charge in [0.15, 0.2) is 23.0 Å². The van der Waals surface area contributed by atoms with E-state index in [2.05, 4.69) is 60.7 Å². The van der Waals surface area contributed by atoms with E-state index >= 15 is 0 Å². The Morgan fingerprint density at radius 1 is 0.333 bits per heavy atom. The first kappa shape index (κ1) is 16.9. The van der Waals surface area contributed by atoms with Gasteiger partial charge in [0.25, 0.3) is 0 Å². The van der Waals surface area contributed by atoms with Gasteiger partial charge < -0.3 is 9.47 Å². The van der Waals surface area contributed by atoms with E-state index in [9.17, 15) is 0 Å². The molecule has 0 aromatic heterocycles. The van der Waals surface area contributed by atoms with Crippen LogP contribution in [0.15, 0.2) is 109 Å². The minimum absolute atomic E-state index is 0.731. The van der Waals surface area contributed by atoms with Crippen molar-refractivity contribution in [2.75, 3.05) is 0 Å². The van der Waals surface area contributed by atoms with Crippen LogP contribution in [0.1, 0.15) is 11.1 Å². The lowest BCUT2D eigenvalue weighted by Gasteiger charge is -2.27. The lowest BCUT2D eigenvalue weighted by Crippen LogP contribution is -2.11. The predicted octanol–water partition coefficient (Wildman–Crippen LogP) is 7.29. The fourth-order valence-corrected chi connectivity index (χ4v) is 4.14. The van der Waals surface area contributed by atoms with E-state index in [4.69, 9.17) is 9.47 Å². The average Bonchev–Trinajstić information content (AvgIpc) is 2.84. The first-order valence-electron chi connectivity index (χ1n) is 10.0. The van der Waals surface area contributed by atoms with E-state index in [-0.39, 0.29) is 0 Å². The molecule has 2 nitrogen and oxygen atoms in total. The van der Waals surface area contributed by atoms with Crippen molar-refractivity contribution in [2.24, 2.45) is 0 Å². The zero-order valence-corrected chi connectivity index (χ0v) is 16.2. The average molecular weight is 386 g/mol. The Labute approximate surface area is 174 Å². The summed E-state index contributed by atoms with van der Waals surface area (Å²) in [6.45, 7) is 0. The minimum atomic E-state index is 0.731. The van der Waals surface area contributed by atoms with Gasteiger partial charge in [-0.1, -0.05) is 109 Å². The van der Waals surface area contributed by atoms with Crippen molar-refractivity contribution in [3.8, 4) is 11.5 Å². The Balaban J connectivity index is 1.68. The second-order valence-electron chi connectivity index (χ2n) is 7.34. The molecule has 0 saturated carbocycles. The van der Waals surface area contributed by atoms with Gasteiger partial charge in [0.2, 0.25) is 0 Å². The summed E-state index contributed by atoms with van der Waals surface area (Å²) in [5, 5.41) is 4.41. The molecule has 1 aliphatic heterocycles. The summed E-state index contributed by atoms with van der Waals surface area (Å²) in [5.41, 5.74) is 1.97. The van der Waals surface area contributed by atoms with Crippen molar-refractivity contribution in [1.29, 1.82) is 0 Å². The molecule has 0 atom stereocenters. The van der Waals surface area contributed by atoms with Crippen molar-refractivity contribution in [2.45, 2.75) is 0 Å². The van der Waals surface area contributed by atoms with E-state index in [0.29, 0.717) is 0 Å². The molecule has 1 heterocycles. The maximum atomic E-state index is 6.66. The fourth-order valence-electron chi connectivity index (χ4n) is 4.14. The molecule has 0 unspecified atom stereocenters. The third kappa shape index (κ3) is 2.58. The maximum absolute atomic E-state index is 6.66. The molecule has 0 aliphatic carbocycles. The maximum Gasteiger partial charge on any atom is 0.178 e. The highest BCUT2D eigenvalue weighted by molar-refractivity contribution is 6.15. The first-order valence-corrected chi connectivity index (χ1v) is 10.0. The van der Waals surface area contributed by atoms with Crippen LogP contribution in [-0.4, -0.2) is 0 Å². The molecule has 2 heteroatoms. The molecule has 0 saturated heterocycles. The lowest BCUT2D eigenvalue weighted by atomic mass is 9.98. The van der Waals surface area contributed by atoms with Crippen LogP contribution in [0.5, 0.6) is 11.5 Å². The molecule has 0 fully saturated rings. The molecule has 0 spiro atoms. The van der Waals surface area contributed by atoms with Gasteiger partial charge in [0.05, 0.1) is 0 Å². The Bertz CT molecular complexity index is 1310. The van der Waals surface area contributed by atoms with E-state index < -0.39 is 0 Å². The summed E-state index contributed by atoms with van der Waals surface area (Å²) in [6, 6.07) is 37.0. The number of rotatable bonds is 2. The minimum Gasteiger partial charge on any atom is -0.448 e. The molecule has 0 N–H and O–H groups in total. The second kappa shape index (κ2) is 6.78. The van der Waals surface area contributed by atoms with E-state index in [1.165, 1.54) is 0 Å². The molecule has 30 heavy (non-hydrogen) atoms. The van der Waals surface area contributed by atoms with Gasteiger partial charge in [-0.05, 0) is 10.8 Å². The highest BCUT2D eigenvalue weighted by Crippen LogP contribution is 2.50. The zero-order chi connectivity index (χ0) is 19.9. The molecule has 0 amide bonds. The number of hydrogen-bond acceptors (Lipinski definition) is 2. The molecular formula is C28H18O2. The molecule has 1 aliphatic rings. The lowest BCUT2D eigenvalue weighted by molar-refractivity contribution is 0.414. The Morgan fingerprint density at radius 2 is 0.667 bits per heavy atom. The summed E-state index contributed by atoms with van der Waals surface area (Å²) in [6.07, 6.45) is 0. The Morgan fingerprint density at radius 3 is 1.07 bits per heavy atom. The van der Waals surface area contributed by atoms with Crippen molar-refractivity contribution < 1.29 is 9.47 Å². The van der Waals surface area contributed by atoms with Crippen molar-refractivity contribution in [3.05, 3.63) is 120 Å². The SMILES string of the molecule is c1ccc(C2=C(c3ccccc3)Oc3c(c4ccccc4c4ccccc34)O2)cc1. The van der Waals surface area contributed by atoms with Crippen LogP contribution in [0.25, 0.3) is 33.1 Å². The standard InChI is InChI=1S/C28H18O2/c1-3-11-19(12-4-1)25-26(20-13-5-2-6-14-20)30-28-24-18-10-8-16-22(24)21-15-7-9-17-23(21)27(28)29-25/h1-18H. The summed E-state index contributed by atoms with van der Waals surface area (Å²) in [4.78, 5) is 0. The topological polar surface area (TPSA) is 18.5 Å². The summed E-state index contributed by atoms with van der Waals surface area (Å²) >= 11 is 0. The van der Waals surface area contributed by atoms with Crippen LogP contribution < -0.4 is 9.47 Å². The number of benzene rings is 5. The molecule has 5 aromatic carbocycles. The van der Waals surface area contributed by atoms with Gasteiger partial charge in [-0.25, -0.2) is 0 Å². The van der Waals surface area contributed by atoms with Crippen molar-refractivity contribution in [3.63, 3.8) is 0 Å². The van der Waals surface area contributed by atoms with Crippen LogP contribution in [0.2, 0.25) is 0 Å². The summed E-state index contributed by atoms with van der Waals surface area (Å²) in [7, 11) is 0. The van der Waals surface area contributed by atoms with Gasteiger partial charge in [0.1, 0.15) is 0 Å². The first-order chi connectivity index (χ1) is 14.9. The summed E-state index contributed by atoms with van der Waals surface area (Å²) in [5.74, 6) is 3.00. The highest BCUT2D eigenvalue weighted by atomic mass is 16.6. The van der Waals surface area contributed by atoms with Gasteiger partial charge in [-0.15, -0.1) is 0 Å². The quantitative estimate of drug-likeness (QED) is 0.297. The van der Waals surface area contributed by atoms with Crippen LogP contribution in [0.3, 0.4) is 0 Å². The van der Waals surface area contributed by atoms with Crippen LogP contribution in [-0.2, 0) is 0 Å². The third-order valence-corrected chi connectivity index (χ3v) is 5.53. The number of fused-ring (bicyclic) bond motifs is 6. The van der Waals surface area contributed by atoms with Crippen molar-refractivity contribution >= 4 is 33.1 Å². The predicted molar refractivity (Wildman–Crippen MR) is 122 cm³/mol. The number of hydrogen-bond donors (Lipinski definition) is 0. The van der Waals surface area contributed by atoms with Gasteiger partial charge in [-0.3, -0.25) is 0 Å².